The van der Waals surface area contributed by atoms with E-state index in [1.165, 1.54) is 0 Å². The fourth-order valence-electron chi connectivity index (χ4n) is 2.14. The molecule has 0 bridgehead atoms. The zero-order valence-corrected chi connectivity index (χ0v) is 10.7. The van der Waals surface area contributed by atoms with E-state index in [1.54, 1.807) is 10.8 Å². The number of aliphatic hydroxyl groups excluding tert-OH is 1. The van der Waals surface area contributed by atoms with Crippen LogP contribution in [0, 0.1) is 0 Å². The Labute approximate surface area is 111 Å². The summed E-state index contributed by atoms with van der Waals surface area (Å²) in [7, 11) is 1.86. The molecule has 2 heterocycles. The number of imidazole rings is 1. The molecule has 19 heavy (non-hydrogen) atoms. The van der Waals surface area contributed by atoms with Crippen molar-refractivity contribution in [3.8, 4) is 11.5 Å². The highest BCUT2D eigenvalue weighted by Gasteiger charge is 2.18. The van der Waals surface area contributed by atoms with Crippen molar-refractivity contribution < 1.29 is 14.6 Å². The third kappa shape index (κ3) is 2.29. The molecule has 2 aromatic rings. The number of aliphatic hydroxyl groups is 1. The fourth-order valence-corrected chi connectivity index (χ4v) is 2.14. The van der Waals surface area contributed by atoms with Crippen molar-refractivity contribution in [2.24, 2.45) is 7.05 Å². The molecule has 5 heteroatoms. The van der Waals surface area contributed by atoms with E-state index in [1.807, 2.05) is 31.4 Å². The van der Waals surface area contributed by atoms with Crippen LogP contribution < -0.4 is 9.47 Å². The monoisotopic (exact) mass is 260 g/mol. The largest absolute Gasteiger partial charge is 0.490 e. The minimum absolute atomic E-state index is 0.606. The van der Waals surface area contributed by atoms with E-state index >= 15 is 0 Å². The van der Waals surface area contributed by atoms with Crippen molar-refractivity contribution in [1.82, 2.24) is 9.55 Å². The lowest BCUT2D eigenvalue weighted by Gasteiger charge is -2.14. The van der Waals surface area contributed by atoms with E-state index in [4.69, 9.17) is 9.47 Å². The Morgan fingerprint density at radius 1 is 1.26 bits per heavy atom. The zero-order chi connectivity index (χ0) is 13.2. The average Bonchev–Trinajstić information content (AvgIpc) is 2.72. The second-order valence-corrected chi connectivity index (χ2v) is 4.56. The molecule has 0 radical (unpaired) electrons. The highest BCUT2D eigenvalue weighted by Crippen LogP contribution is 2.33. The number of benzene rings is 1. The van der Waals surface area contributed by atoms with Crippen LogP contribution in [0.25, 0.3) is 0 Å². The van der Waals surface area contributed by atoms with Gasteiger partial charge in [0, 0.05) is 25.9 Å². The second kappa shape index (κ2) is 4.93. The van der Waals surface area contributed by atoms with E-state index in [0.29, 0.717) is 24.8 Å². The van der Waals surface area contributed by atoms with Gasteiger partial charge in [0.15, 0.2) is 11.5 Å². The van der Waals surface area contributed by atoms with Gasteiger partial charge in [0.1, 0.15) is 11.9 Å². The summed E-state index contributed by atoms with van der Waals surface area (Å²) in [6, 6.07) is 5.50. The third-order valence-corrected chi connectivity index (χ3v) is 3.19. The van der Waals surface area contributed by atoms with E-state index < -0.39 is 6.10 Å². The lowest BCUT2D eigenvalue weighted by atomic mass is 10.1. The van der Waals surface area contributed by atoms with Gasteiger partial charge in [-0.25, -0.2) is 4.98 Å². The lowest BCUT2D eigenvalue weighted by molar-refractivity contribution is 0.205. The van der Waals surface area contributed by atoms with Crippen LogP contribution in [0.3, 0.4) is 0 Å². The van der Waals surface area contributed by atoms with Gasteiger partial charge in [0.2, 0.25) is 0 Å². The number of aryl methyl sites for hydroxylation is 1. The van der Waals surface area contributed by atoms with Gasteiger partial charge in [-0.1, -0.05) is 6.07 Å². The molecule has 1 atom stereocenters. The summed E-state index contributed by atoms with van der Waals surface area (Å²) in [5.41, 5.74) is 0.749. The Hall–Kier alpha value is -2.01. The number of fused-ring (bicyclic) bond motifs is 1. The normalized spacial score (nSPS) is 15.9. The molecule has 1 N–H and O–H groups in total. The molecular weight excluding hydrogens is 244 g/mol. The summed E-state index contributed by atoms with van der Waals surface area (Å²) in [4.78, 5) is 4.16. The molecule has 0 saturated heterocycles. The van der Waals surface area contributed by atoms with Crippen molar-refractivity contribution in [1.29, 1.82) is 0 Å². The smallest absolute Gasteiger partial charge is 0.161 e. The summed E-state index contributed by atoms with van der Waals surface area (Å²) < 4.78 is 13.0. The molecule has 0 spiro atoms. The highest BCUT2D eigenvalue weighted by molar-refractivity contribution is 5.44. The van der Waals surface area contributed by atoms with E-state index in [0.717, 1.165) is 17.7 Å². The summed E-state index contributed by atoms with van der Waals surface area (Å²) >= 11 is 0. The Kier molecular flexibility index (Phi) is 3.13. The van der Waals surface area contributed by atoms with Crippen molar-refractivity contribution in [2.75, 3.05) is 13.2 Å². The quantitative estimate of drug-likeness (QED) is 0.892. The molecular formula is C14H16N2O3. The van der Waals surface area contributed by atoms with Crippen molar-refractivity contribution in [2.45, 2.75) is 12.5 Å². The van der Waals surface area contributed by atoms with Gasteiger partial charge in [-0.3, -0.25) is 0 Å². The van der Waals surface area contributed by atoms with Gasteiger partial charge in [0.25, 0.3) is 0 Å². The van der Waals surface area contributed by atoms with Crippen LogP contribution in [0.1, 0.15) is 23.9 Å². The first-order valence-corrected chi connectivity index (χ1v) is 6.30. The molecule has 1 unspecified atom stereocenters. The summed E-state index contributed by atoms with van der Waals surface area (Å²) in [5, 5.41) is 10.4. The van der Waals surface area contributed by atoms with Gasteiger partial charge >= 0.3 is 0 Å². The van der Waals surface area contributed by atoms with Crippen LogP contribution in [-0.4, -0.2) is 27.9 Å². The van der Waals surface area contributed by atoms with Gasteiger partial charge in [-0.05, 0) is 17.7 Å². The maximum Gasteiger partial charge on any atom is 0.161 e. The molecule has 0 saturated carbocycles. The summed E-state index contributed by atoms with van der Waals surface area (Å²) in [5.74, 6) is 2.02. The van der Waals surface area contributed by atoms with Crippen molar-refractivity contribution in [3.05, 3.63) is 42.0 Å². The molecule has 1 aliphatic rings. The fraction of sp³-hybridized carbons (Fsp3) is 0.357. The number of nitrogens with zero attached hydrogens (tertiary/aromatic N) is 2. The van der Waals surface area contributed by atoms with Crippen LogP contribution >= 0.6 is 0 Å². The van der Waals surface area contributed by atoms with E-state index in [2.05, 4.69) is 4.98 Å². The molecule has 3 rings (SSSR count). The van der Waals surface area contributed by atoms with Crippen LogP contribution in [-0.2, 0) is 7.05 Å². The predicted molar refractivity (Wildman–Crippen MR) is 69.3 cm³/mol. The zero-order valence-electron chi connectivity index (χ0n) is 10.7. The number of aromatic nitrogens is 2. The maximum absolute atomic E-state index is 10.4. The average molecular weight is 260 g/mol. The molecule has 100 valence electrons. The first kappa shape index (κ1) is 12.0. The molecule has 1 aliphatic heterocycles. The topological polar surface area (TPSA) is 56.5 Å². The van der Waals surface area contributed by atoms with Crippen LogP contribution in [0.4, 0.5) is 0 Å². The van der Waals surface area contributed by atoms with Crippen LogP contribution in [0.2, 0.25) is 0 Å². The SMILES string of the molecule is Cn1ccnc1C(O)c1ccc2c(c1)OCCCO2. The van der Waals surface area contributed by atoms with Gasteiger partial charge < -0.3 is 19.1 Å². The summed E-state index contributed by atoms with van der Waals surface area (Å²) in [6.45, 7) is 1.29. The Balaban J connectivity index is 1.93. The maximum atomic E-state index is 10.4. The first-order valence-electron chi connectivity index (χ1n) is 6.30. The molecule has 0 amide bonds. The van der Waals surface area contributed by atoms with Crippen LogP contribution in [0.5, 0.6) is 11.5 Å². The van der Waals surface area contributed by atoms with Gasteiger partial charge in [-0.2, -0.15) is 0 Å². The minimum atomic E-state index is -0.767. The third-order valence-electron chi connectivity index (χ3n) is 3.19. The van der Waals surface area contributed by atoms with Gasteiger partial charge in [0.05, 0.1) is 13.2 Å². The van der Waals surface area contributed by atoms with Crippen molar-refractivity contribution in [3.63, 3.8) is 0 Å². The number of hydrogen-bond acceptors (Lipinski definition) is 4. The standard InChI is InChI=1S/C14H16N2O3/c1-16-6-5-15-14(16)13(17)10-3-4-11-12(9-10)19-8-2-7-18-11/h3-6,9,13,17H,2,7-8H2,1H3. The number of ether oxygens (including phenoxy) is 2. The molecule has 1 aromatic carbocycles. The minimum Gasteiger partial charge on any atom is -0.490 e. The highest BCUT2D eigenvalue weighted by atomic mass is 16.5. The Morgan fingerprint density at radius 3 is 2.79 bits per heavy atom. The summed E-state index contributed by atoms with van der Waals surface area (Å²) in [6.07, 6.45) is 3.58. The molecule has 0 aliphatic carbocycles. The number of hydrogen-bond donors (Lipinski definition) is 1. The second-order valence-electron chi connectivity index (χ2n) is 4.56. The van der Waals surface area contributed by atoms with Crippen LogP contribution in [0.15, 0.2) is 30.6 Å². The number of rotatable bonds is 2. The van der Waals surface area contributed by atoms with Gasteiger partial charge in [-0.15, -0.1) is 0 Å². The predicted octanol–water partition coefficient (Wildman–Crippen LogP) is 1.66. The molecule has 5 nitrogen and oxygen atoms in total. The molecule has 1 aromatic heterocycles. The Bertz CT molecular complexity index is 580. The van der Waals surface area contributed by atoms with Crippen molar-refractivity contribution >= 4 is 0 Å². The first-order chi connectivity index (χ1) is 9.25. The lowest BCUT2D eigenvalue weighted by Crippen LogP contribution is -2.07. The Morgan fingerprint density at radius 2 is 2.05 bits per heavy atom. The van der Waals surface area contributed by atoms with E-state index in [-0.39, 0.29) is 0 Å². The molecule has 0 fully saturated rings. The van der Waals surface area contributed by atoms with E-state index in [9.17, 15) is 5.11 Å².